The molecule has 17 heavy (non-hydrogen) atoms. The predicted octanol–water partition coefficient (Wildman–Crippen LogP) is 2.78. The van der Waals surface area contributed by atoms with Crippen LogP contribution in [0.1, 0.15) is 25.8 Å². The molecule has 0 bridgehead atoms. The molecule has 0 unspecified atom stereocenters. The number of halogens is 1. The SMILES string of the molecule is CC(C)(Cc1ccc(Cl)cc1)C1=NNC(=O)C1. The Kier molecular flexibility index (Phi) is 3.20. The highest BCUT2D eigenvalue weighted by Gasteiger charge is 2.30. The Morgan fingerprint density at radius 3 is 2.53 bits per heavy atom. The number of rotatable bonds is 3. The summed E-state index contributed by atoms with van der Waals surface area (Å²) in [6, 6.07) is 7.78. The largest absolute Gasteiger partial charge is 0.273 e. The van der Waals surface area contributed by atoms with Crippen molar-refractivity contribution in [1.82, 2.24) is 5.43 Å². The van der Waals surface area contributed by atoms with Crippen LogP contribution in [0.3, 0.4) is 0 Å². The first-order valence-corrected chi connectivity index (χ1v) is 5.95. The highest BCUT2D eigenvalue weighted by atomic mass is 35.5. The molecule has 0 atom stereocenters. The molecule has 90 valence electrons. The Bertz CT molecular complexity index is 463. The fourth-order valence-corrected chi connectivity index (χ4v) is 2.09. The molecular formula is C13H15ClN2O. The van der Waals surface area contributed by atoms with Gasteiger partial charge in [-0.3, -0.25) is 4.79 Å². The Morgan fingerprint density at radius 2 is 2.00 bits per heavy atom. The highest BCUT2D eigenvalue weighted by Crippen LogP contribution is 2.27. The van der Waals surface area contributed by atoms with E-state index in [1.54, 1.807) is 0 Å². The third kappa shape index (κ3) is 2.86. The van der Waals surface area contributed by atoms with E-state index < -0.39 is 0 Å². The molecule has 0 saturated carbocycles. The first kappa shape index (κ1) is 12.1. The van der Waals surface area contributed by atoms with Gasteiger partial charge in [-0.05, 0) is 24.1 Å². The summed E-state index contributed by atoms with van der Waals surface area (Å²) < 4.78 is 0. The predicted molar refractivity (Wildman–Crippen MR) is 69.1 cm³/mol. The van der Waals surface area contributed by atoms with E-state index in [4.69, 9.17) is 11.6 Å². The molecule has 1 aliphatic rings. The first-order valence-electron chi connectivity index (χ1n) is 5.58. The minimum Gasteiger partial charge on any atom is -0.273 e. The molecule has 2 rings (SSSR count). The maximum absolute atomic E-state index is 11.2. The van der Waals surface area contributed by atoms with Crippen LogP contribution in [0.5, 0.6) is 0 Å². The second kappa shape index (κ2) is 4.49. The number of hydrogen-bond acceptors (Lipinski definition) is 2. The maximum atomic E-state index is 11.2. The zero-order valence-electron chi connectivity index (χ0n) is 9.96. The van der Waals surface area contributed by atoms with Crippen LogP contribution in [0.25, 0.3) is 0 Å². The van der Waals surface area contributed by atoms with Gasteiger partial charge in [0, 0.05) is 10.4 Å². The molecule has 0 aromatic heterocycles. The van der Waals surface area contributed by atoms with Crippen LogP contribution in [-0.2, 0) is 11.2 Å². The van der Waals surface area contributed by atoms with E-state index in [2.05, 4.69) is 24.4 Å². The van der Waals surface area contributed by atoms with Gasteiger partial charge in [0.15, 0.2) is 0 Å². The smallest absolute Gasteiger partial charge is 0.245 e. The average molecular weight is 251 g/mol. The average Bonchev–Trinajstić information content (AvgIpc) is 2.69. The van der Waals surface area contributed by atoms with E-state index in [0.717, 1.165) is 17.2 Å². The summed E-state index contributed by atoms with van der Waals surface area (Å²) >= 11 is 5.85. The number of carbonyl (C=O) groups excluding carboxylic acids is 1. The van der Waals surface area contributed by atoms with Crippen molar-refractivity contribution >= 4 is 23.2 Å². The summed E-state index contributed by atoms with van der Waals surface area (Å²) in [6.45, 7) is 4.20. The molecule has 1 amide bonds. The van der Waals surface area contributed by atoms with Gasteiger partial charge < -0.3 is 0 Å². The van der Waals surface area contributed by atoms with Crippen LogP contribution in [-0.4, -0.2) is 11.6 Å². The van der Waals surface area contributed by atoms with E-state index >= 15 is 0 Å². The minimum atomic E-state index is -0.118. The summed E-state index contributed by atoms with van der Waals surface area (Å²) in [5, 5.41) is 4.83. The number of nitrogens with zero attached hydrogens (tertiary/aromatic N) is 1. The second-order valence-corrected chi connectivity index (χ2v) is 5.39. The summed E-state index contributed by atoms with van der Waals surface area (Å²) in [4.78, 5) is 11.2. The van der Waals surface area contributed by atoms with Gasteiger partial charge in [-0.15, -0.1) is 0 Å². The van der Waals surface area contributed by atoms with E-state index in [0.29, 0.717) is 6.42 Å². The summed E-state index contributed by atoms with van der Waals surface area (Å²) in [5.74, 6) is -0.0239. The number of hydrazone groups is 1. The molecule has 1 aromatic carbocycles. The molecule has 4 heteroatoms. The third-order valence-corrected chi connectivity index (χ3v) is 3.24. The monoisotopic (exact) mass is 250 g/mol. The van der Waals surface area contributed by atoms with Gasteiger partial charge in [-0.2, -0.15) is 5.10 Å². The van der Waals surface area contributed by atoms with Gasteiger partial charge in [0.1, 0.15) is 0 Å². The lowest BCUT2D eigenvalue weighted by Crippen LogP contribution is -2.26. The fraction of sp³-hybridized carbons (Fsp3) is 0.385. The van der Waals surface area contributed by atoms with Gasteiger partial charge in [-0.1, -0.05) is 37.6 Å². The lowest BCUT2D eigenvalue weighted by molar-refractivity contribution is -0.119. The zero-order chi connectivity index (χ0) is 12.5. The molecule has 1 aliphatic heterocycles. The number of nitrogens with one attached hydrogen (secondary N) is 1. The van der Waals surface area contributed by atoms with E-state index in [-0.39, 0.29) is 11.3 Å². The fourth-order valence-electron chi connectivity index (χ4n) is 1.97. The molecule has 1 N–H and O–H groups in total. The van der Waals surface area contributed by atoms with Gasteiger partial charge >= 0.3 is 0 Å². The number of benzene rings is 1. The number of amides is 1. The van der Waals surface area contributed by atoms with Crippen molar-refractivity contribution in [2.24, 2.45) is 10.5 Å². The second-order valence-electron chi connectivity index (χ2n) is 4.96. The summed E-state index contributed by atoms with van der Waals surface area (Å²) in [5.41, 5.74) is 4.49. The van der Waals surface area contributed by atoms with Crippen molar-refractivity contribution in [1.29, 1.82) is 0 Å². The summed E-state index contributed by atoms with van der Waals surface area (Å²) in [6.07, 6.45) is 1.25. The standard InChI is InChI=1S/C13H15ClN2O/c1-13(2,11-7-12(17)16-15-11)8-9-3-5-10(14)6-4-9/h3-6H,7-8H2,1-2H3,(H,16,17). The maximum Gasteiger partial charge on any atom is 0.245 e. The Hall–Kier alpha value is -1.35. The van der Waals surface area contributed by atoms with E-state index in [1.807, 2.05) is 24.3 Å². The van der Waals surface area contributed by atoms with Crippen molar-refractivity contribution < 1.29 is 4.79 Å². The Labute approximate surface area is 106 Å². The molecule has 0 saturated heterocycles. The molecule has 1 heterocycles. The van der Waals surface area contributed by atoms with Crippen LogP contribution in [0.2, 0.25) is 5.02 Å². The molecule has 3 nitrogen and oxygen atoms in total. The molecule has 0 spiro atoms. The molecule has 0 radical (unpaired) electrons. The Morgan fingerprint density at radius 1 is 1.35 bits per heavy atom. The normalized spacial score (nSPS) is 15.7. The molecule has 1 aromatic rings. The van der Waals surface area contributed by atoms with Gasteiger partial charge in [0.2, 0.25) is 5.91 Å². The quantitative estimate of drug-likeness (QED) is 0.881. The highest BCUT2D eigenvalue weighted by molar-refractivity contribution is 6.30. The minimum absolute atomic E-state index is 0.0239. The first-order chi connectivity index (χ1) is 7.97. The van der Waals surface area contributed by atoms with Crippen LogP contribution >= 0.6 is 11.6 Å². The number of hydrogen-bond donors (Lipinski definition) is 1. The van der Waals surface area contributed by atoms with Crippen molar-refractivity contribution in [2.45, 2.75) is 26.7 Å². The number of carbonyl (C=O) groups is 1. The van der Waals surface area contributed by atoms with Crippen molar-refractivity contribution in [2.75, 3.05) is 0 Å². The van der Waals surface area contributed by atoms with Crippen LogP contribution in [0, 0.1) is 5.41 Å². The lowest BCUT2D eigenvalue weighted by Gasteiger charge is -2.23. The topological polar surface area (TPSA) is 41.5 Å². The van der Waals surface area contributed by atoms with Crippen LogP contribution in [0.15, 0.2) is 29.4 Å². The molecule has 0 fully saturated rings. The van der Waals surface area contributed by atoms with Gasteiger partial charge in [0.25, 0.3) is 0 Å². The lowest BCUT2D eigenvalue weighted by atomic mass is 9.80. The van der Waals surface area contributed by atoms with E-state index in [1.165, 1.54) is 5.56 Å². The van der Waals surface area contributed by atoms with Crippen molar-refractivity contribution in [3.8, 4) is 0 Å². The van der Waals surface area contributed by atoms with Crippen molar-refractivity contribution in [3.63, 3.8) is 0 Å². The van der Waals surface area contributed by atoms with Gasteiger partial charge in [-0.25, -0.2) is 5.43 Å². The molecule has 0 aliphatic carbocycles. The van der Waals surface area contributed by atoms with Crippen LogP contribution < -0.4 is 5.43 Å². The summed E-state index contributed by atoms with van der Waals surface area (Å²) in [7, 11) is 0. The Balaban J connectivity index is 2.11. The molecular weight excluding hydrogens is 236 g/mol. The van der Waals surface area contributed by atoms with E-state index in [9.17, 15) is 4.79 Å². The van der Waals surface area contributed by atoms with Crippen molar-refractivity contribution in [3.05, 3.63) is 34.9 Å². The van der Waals surface area contributed by atoms with Crippen LogP contribution in [0.4, 0.5) is 0 Å². The third-order valence-electron chi connectivity index (χ3n) is 2.98. The zero-order valence-corrected chi connectivity index (χ0v) is 10.7. The van der Waals surface area contributed by atoms with Gasteiger partial charge in [0.05, 0.1) is 12.1 Å².